The Hall–Kier alpha value is -2.43. The first kappa shape index (κ1) is 15.5. The highest BCUT2D eigenvalue weighted by Crippen LogP contribution is 2.25. The topological polar surface area (TPSA) is 64.1 Å². The van der Waals surface area contributed by atoms with Crippen molar-refractivity contribution < 1.29 is 9.53 Å². The third-order valence-electron chi connectivity index (χ3n) is 4.10. The maximum absolute atomic E-state index is 12.5. The van der Waals surface area contributed by atoms with Gasteiger partial charge in [-0.1, -0.05) is 0 Å². The number of pyridine rings is 2. The van der Waals surface area contributed by atoms with Crippen LogP contribution in [0.25, 0.3) is 0 Å². The van der Waals surface area contributed by atoms with Crippen LogP contribution in [0, 0.1) is 20.8 Å². The van der Waals surface area contributed by atoms with Gasteiger partial charge in [0.2, 0.25) is 5.88 Å². The molecule has 1 fully saturated rings. The second-order valence-corrected chi connectivity index (χ2v) is 6.05. The molecular weight excluding hydrogens is 290 g/mol. The molecule has 2 aromatic heterocycles. The number of aromatic nitrogens is 2. The van der Waals surface area contributed by atoms with Gasteiger partial charge in [-0.3, -0.25) is 9.78 Å². The molecule has 0 radical (unpaired) electrons. The van der Waals surface area contributed by atoms with Gasteiger partial charge in [-0.25, -0.2) is 4.98 Å². The van der Waals surface area contributed by atoms with Crippen LogP contribution >= 0.6 is 0 Å². The van der Waals surface area contributed by atoms with Gasteiger partial charge in [0.15, 0.2) is 0 Å². The predicted molar refractivity (Wildman–Crippen MR) is 88.9 cm³/mol. The molecule has 1 N–H and O–H groups in total. The molecule has 0 unspecified atom stereocenters. The lowest BCUT2D eigenvalue weighted by Crippen LogP contribution is -2.25. The molecule has 3 rings (SSSR count). The summed E-state index contributed by atoms with van der Waals surface area (Å²) in [5, 5.41) is 2.95. The normalized spacial score (nSPS) is 14.2. The molecule has 5 nitrogen and oxygen atoms in total. The standard InChI is InChI=1S/C18H21N3O2/c1-11-9-12(2)20-13(3)17(11)21-18(22)14-7-8-19-16(10-14)23-15-5-4-6-15/h7-10,15H,4-6H2,1-3H3,(H,21,22). The summed E-state index contributed by atoms with van der Waals surface area (Å²) in [5.74, 6) is 0.334. The quantitative estimate of drug-likeness (QED) is 0.937. The van der Waals surface area contributed by atoms with Crippen LogP contribution in [-0.4, -0.2) is 22.0 Å². The summed E-state index contributed by atoms with van der Waals surface area (Å²) in [6.07, 6.45) is 5.17. The fraction of sp³-hybridized carbons (Fsp3) is 0.389. The third-order valence-corrected chi connectivity index (χ3v) is 4.10. The van der Waals surface area contributed by atoms with Gasteiger partial charge in [-0.05, 0) is 57.7 Å². The number of ether oxygens (including phenoxy) is 1. The van der Waals surface area contributed by atoms with Gasteiger partial charge in [-0.2, -0.15) is 0 Å². The van der Waals surface area contributed by atoms with Crippen molar-refractivity contribution in [2.75, 3.05) is 5.32 Å². The van der Waals surface area contributed by atoms with Crippen LogP contribution in [0.15, 0.2) is 24.4 Å². The second kappa shape index (κ2) is 6.36. The van der Waals surface area contributed by atoms with E-state index in [4.69, 9.17) is 4.74 Å². The highest BCUT2D eigenvalue weighted by atomic mass is 16.5. The Labute approximate surface area is 136 Å². The molecule has 0 aliphatic heterocycles. The highest BCUT2D eigenvalue weighted by molar-refractivity contribution is 6.05. The van der Waals surface area contributed by atoms with E-state index in [0.717, 1.165) is 35.5 Å². The number of nitrogens with zero attached hydrogens (tertiary/aromatic N) is 2. The van der Waals surface area contributed by atoms with Gasteiger partial charge in [0.05, 0.1) is 11.4 Å². The van der Waals surface area contributed by atoms with Crippen LogP contribution in [0.1, 0.15) is 46.6 Å². The Morgan fingerprint density at radius 1 is 1.26 bits per heavy atom. The third kappa shape index (κ3) is 3.50. The van der Waals surface area contributed by atoms with Crippen molar-refractivity contribution in [2.24, 2.45) is 0 Å². The zero-order chi connectivity index (χ0) is 16.4. The van der Waals surface area contributed by atoms with E-state index in [1.807, 2.05) is 26.8 Å². The number of hydrogen-bond acceptors (Lipinski definition) is 4. The monoisotopic (exact) mass is 311 g/mol. The number of carbonyl (C=O) groups excluding carboxylic acids is 1. The van der Waals surface area contributed by atoms with Crippen LogP contribution < -0.4 is 10.1 Å². The summed E-state index contributed by atoms with van der Waals surface area (Å²) in [4.78, 5) is 21.1. The molecule has 0 saturated heterocycles. The van der Waals surface area contributed by atoms with E-state index >= 15 is 0 Å². The first-order chi connectivity index (χ1) is 11.0. The summed E-state index contributed by atoms with van der Waals surface area (Å²) < 4.78 is 5.75. The maximum atomic E-state index is 12.5. The highest BCUT2D eigenvalue weighted by Gasteiger charge is 2.20. The average molecular weight is 311 g/mol. The van der Waals surface area contributed by atoms with E-state index in [9.17, 15) is 4.79 Å². The lowest BCUT2D eigenvalue weighted by Gasteiger charge is -2.25. The van der Waals surface area contributed by atoms with Crippen LogP contribution in [0.3, 0.4) is 0 Å². The van der Waals surface area contributed by atoms with Crippen molar-refractivity contribution in [2.45, 2.75) is 46.1 Å². The largest absolute Gasteiger partial charge is 0.474 e. The second-order valence-electron chi connectivity index (χ2n) is 6.05. The number of nitrogens with one attached hydrogen (secondary N) is 1. The first-order valence-electron chi connectivity index (χ1n) is 7.92. The van der Waals surface area contributed by atoms with E-state index < -0.39 is 0 Å². The van der Waals surface area contributed by atoms with Gasteiger partial charge >= 0.3 is 0 Å². The maximum Gasteiger partial charge on any atom is 0.255 e. The Bertz CT molecular complexity index is 716. The fourth-order valence-electron chi connectivity index (χ4n) is 2.67. The molecular formula is C18H21N3O2. The molecule has 5 heteroatoms. The molecule has 0 spiro atoms. The van der Waals surface area contributed by atoms with E-state index in [-0.39, 0.29) is 12.0 Å². The Morgan fingerprint density at radius 3 is 2.70 bits per heavy atom. The van der Waals surface area contributed by atoms with Crippen molar-refractivity contribution >= 4 is 11.6 Å². The van der Waals surface area contributed by atoms with E-state index in [0.29, 0.717) is 11.4 Å². The molecule has 1 amide bonds. The molecule has 1 aliphatic carbocycles. The summed E-state index contributed by atoms with van der Waals surface area (Å²) in [5.41, 5.74) is 4.06. The van der Waals surface area contributed by atoms with Crippen LogP contribution in [0.5, 0.6) is 5.88 Å². The molecule has 1 saturated carbocycles. The number of amides is 1. The lowest BCUT2D eigenvalue weighted by atomic mass is 9.96. The number of hydrogen-bond donors (Lipinski definition) is 1. The predicted octanol–water partition coefficient (Wildman–Crippen LogP) is 3.59. The Morgan fingerprint density at radius 2 is 2.04 bits per heavy atom. The van der Waals surface area contributed by atoms with Gasteiger partial charge in [-0.15, -0.1) is 0 Å². The molecule has 2 heterocycles. The Kier molecular flexibility index (Phi) is 4.28. The van der Waals surface area contributed by atoms with E-state index in [1.54, 1.807) is 18.3 Å². The summed E-state index contributed by atoms with van der Waals surface area (Å²) in [6.45, 7) is 5.81. The van der Waals surface area contributed by atoms with Crippen molar-refractivity contribution in [3.05, 3.63) is 46.9 Å². The molecule has 0 aromatic carbocycles. The minimum Gasteiger partial charge on any atom is -0.474 e. The molecule has 1 aliphatic rings. The number of aryl methyl sites for hydroxylation is 3. The summed E-state index contributed by atoms with van der Waals surface area (Å²) in [6, 6.07) is 5.34. The first-order valence-corrected chi connectivity index (χ1v) is 7.92. The van der Waals surface area contributed by atoms with Gasteiger partial charge in [0.25, 0.3) is 5.91 Å². The van der Waals surface area contributed by atoms with E-state index in [2.05, 4.69) is 15.3 Å². The van der Waals surface area contributed by atoms with E-state index in [1.165, 1.54) is 6.42 Å². The number of anilines is 1. The molecule has 23 heavy (non-hydrogen) atoms. The zero-order valence-electron chi connectivity index (χ0n) is 13.7. The van der Waals surface area contributed by atoms with Crippen molar-refractivity contribution in [1.29, 1.82) is 0 Å². The molecule has 2 aromatic rings. The summed E-state index contributed by atoms with van der Waals surface area (Å²) >= 11 is 0. The van der Waals surface area contributed by atoms with Crippen LogP contribution in [0.2, 0.25) is 0 Å². The SMILES string of the molecule is Cc1cc(C)c(NC(=O)c2ccnc(OC3CCC3)c2)c(C)n1. The summed E-state index contributed by atoms with van der Waals surface area (Å²) in [7, 11) is 0. The minimum absolute atomic E-state index is 0.178. The number of rotatable bonds is 4. The average Bonchev–Trinajstić information content (AvgIpc) is 2.47. The van der Waals surface area contributed by atoms with Gasteiger partial charge in [0, 0.05) is 23.5 Å². The molecule has 120 valence electrons. The minimum atomic E-state index is -0.178. The molecule has 0 bridgehead atoms. The lowest BCUT2D eigenvalue weighted by molar-refractivity contribution is 0.101. The van der Waals surface area contributed by atoms with Gasteiger partial charge < -0.3 is 10.1 Å². The van der Waals surface area contributed by atoms with Crippen molar-refractivity contribution in [1.82, 2.24) is 9.97 Å². The fourth-order valence-corrected chi connectivity index (χ4v) is 2.67. The molecule has 0 atom stereocenters. The zero-order valence-corrected chi connectivity index (χ0v) is 13.7. The smallest absolute Gasteiger partial charge is 0.255 e. The van der Waals surface area contributed by atoms with Gasteiger partial charge in [0.1, 0.15) is 6.10 Å². The van der Waals surface area contributed by atoms with Crippen LogP contribution in [0.4, 0.5) is 5.69 Å². The Balaban J connectivity index is 1.76. The number of carbonyl (C=O) groups is 1. The van der Waals surface area contributed by atoms with Crippen LogP contribution in [-0.2, 0) is 0 Å². The van der Waals surface area contributed by atoms with Crippen molar-refractivity contribution in [3.63, 3.8) is 0 Å². The van der Waals surface area contributed by atoms with Crippen molar-refractivity contribution in [3.8, 4) is 5.88 Å².